The first-order valence-electron chi connectivity index (χ1n) is 6.55. The predicted molar refractivity (Wildman–Crippen MR) is 69.3 cm³/mol. The van der Waals surface area contributed by atoms with Gasteiger partial charge in [0.15, 0.2) is 0 Å². The summed E-state index contributed by atoms with van der Waals surface area (Å²) in [5.74, 6) is -2.26. The summed E-state index contributed by atoms with van der Waals surface area (Å²) in [4.78, 5) is 24.8. The molecule has 0 aliphatic carbocycles. The van der Waals surface area contributed by atoms with Gasteiger partial charge in [0.25, 0.3) is 5.91 Å². The molecule has 0 aromatic heterocycles. The molecule has 1 unspecified atom stereocenters. The zero-order valence-electron chi connectivity index (χ0n) is 11.2. The second kappa shape index (κ2) is 6.51. The van der Waals surface area contributed by atoms with Crippen LogP contribution in [0.4, 0.5) is 8.78 Å². The summed E-state index contributed by atoms with van der Waals surface area (Å²) in [7, 11) is 0. The van der Waals surface area contributed by atoms with Crippen molar-refractivity contribution in [1.82, 2.24) is 4.90 Å². The van der Waals surface area contributed by atoms with Gasteiger partial charge >= 0.3 is 12.6 Å². The molecule has 0 radical (unpaired) electrons. The Bertz CT molecular complexity index is 535. The Hall–Kier alpha value is -2.18. The highest BCUT2D eigenvalue weighted by Gasteiger charge is 2.30. The number of nitrogens with zero attached hydrogens (tertiary/aromatic N) is 1. The highest BCUT2D eigenvalue weighted by Crippen LogP contribution is 2.25. The van der Waals surface area contributed by atoms with Gasteiger partial charge < -0.3 is 14.7 Å². The molecule has 21 heavy (non-hydrogen) atoms. The molecule has 1 aliphatic heterocycles. The number of carbonyl (C=O) groups is 2. The van der Waals surface area contributed by atoms with Crippen LogP contribution >= 0.6 is 0 Å². The van der Waals surface area contributed by atoms with E-state index >= 15 is 0 Å². The van der Waals surface area contributed by atoms with Crippen molar-refractivity contribution in [3.05, 3.63) is 29.8 Å². The molecule has 1 aromatic rings. The lowest BCUT2D eigenvalue weighted by Crippen LogP contribution is -2.42. The van der Waals surface area contributed by atoms with Gasteiger partial charge in [-0.25, -0.2) is 0 Å². The van der Waals surface area contributed by atoms with Crippen LogP contribution in [0.15, 0.2) is 24.3 Å². The molecule has 7 heteroatoms. The fourth-order valence-corrected chi connectivity index (χ4v) is 2.38. The number of para-hydroxylation sites is 1. The molecule has 1 fully saturated rings. The molecule has 0 spiro atoms. The zero-order valence-corrected chi connectivity index (χ0v) is 11.2. The van der Waals surface area contributed by atoms with Crippen molar-refractivity contribution in [2.75, 3.05) is 13.1 Å². The molecule has 1 aliphatic rings. The third-order valence-corrected chi connectivity index (χ3v) is 3.39. The van der Waals surface area contributed by atoms with Crippen LogP contribution in [-0.4, -0.2) is 41.6 Å². The number of alkyl halides is 2. The molecule has 1 amide bonds. The first-order valence-corrected chi connectivity index (χ1v) is 6.55. The average Bonchev–Trinajstić information content (AvgIpc) is 2.46. The van der Waals surface area contributed by atoms with E-state index in [-0.39, 0.29) is 17.9 Å². The lowest BCUT2D eigenvalue weighted by atomic mass is 9.97. The van der Waals surface area contributed by atoms with E-state index in [1.807, 2.05) is 0 Å². The Morgan fingerprint density at radius 2 is 2.05 bits per heavy atom. The summed E-state index contributed by atoms with van der Waals surface area (Å²) < 4.78 is 29.0. The Balaban J connectivity index is 2.18. The van der Waals surface area contributed by atoms with E-state index in [1.165, 1.54) is 23.1 Å². The van der Waals surface area contributed by atoms with Crippen LogP contribution in [0, 0.1) is 5.92 Å². The number of hydrogen-bond acceptors (Lipinski definition) is 3. The first-order chi connectivity index (χ1) is 9.99. The Labute approximate surface area is 120 Å². The summed E-state index contributed by atoms with van der Waals surface area (Å²) in [6.45, 7) is -2.53. The van der Waals surface area contributed by atoms with Gasteiger partial charge in [-0.2, -0.15) is 8.78 Å². The van der Waals surface area contributed by atoms with Gasteiger partial charge in [-0.1, -0.05) is 12.1 Å². The number of rotatable bonds is 4. The standard InChI is InChI=1S/C14H15F2NO4/c15-14(16)21-11-6-2-1-5-10(11)12(18)17-7-3-4-9(8-17)13(19)20/h1-2,5-6,9,14H,3-4,7-8H2,(H,19,20). The van der Waals surface area contributed by atoms with Crippen molar-refractivity contribution < 1.29 is 28.2 Å². The summed E-state index contributed by atoms with van der Waals surface area (Å²) >= 11 is 0. The maximum absolute atomic E-state index is 12.4. The highest BCUT2D eigenvalue weighted by atomic mass is 19.3. The SMILES string of the molecule is O=C(O)C1CCCN(C(=O)c2ccccc2OC(F)F)C1. The quantitative estimate of drug-likeness (QED) is 0.925. The number of carboxylic acid groups (broad SMARTS) is 1. The normalized spacial score (nSPS) is 18.6. The number of halogens is 2. The number of aliphatic carboxylic acids is 1. The van der Waals surface area contributed by atoms with Gasteiger partial charge in [0.2, 0.25) is 0 Å². The van der Waals surface area contributed by atoms with E-state index < -0.39 is 24.4 Å². The van der Waals surface area contributed by atoms with Gasteiger partial charge in [-0.05, 0) is 25.0 Å². The fraction of sp³-hybridized carbons (Fsp3) is 0.429. The van der Waals surface area contributed by atoms with Gasteiger partial charge in [0.1, 0.15) is 5.75 Å². The van der Waals surface area contributed by atoms with Crippen molar-refractivity contribution in [2.45, 2.75) is 19.5 Å². The van der Waals surface area contributed by atoms with Crippen molar-refractivity contribution >= 4 is 11.9 Å². The van der Waals surface area contributed by atoms with Crippen LogP contribution in [0.2, 0.25) is 0 Å². The lowest BCUT2D eigenvalue weighted by molar-refractivity contribution is -0.143. The minimum Gasteiger partial charge on any atom is -0.481 e. The van der Waals surface area contributed by atoms with Crippen LogP contribution in [0.25, 0.3) is 0 Å². The molecule has 0 saturated carbocycles. The monoisotopic (exact) mass is 299 g/mol. The van der Waals surface area contributed by atoms with Crippen molar-refractivity contribution in [3.8, 4) is 5.75 Å². The number of piperidine rings is 1. The fourth-order valence-electron chi connectivity index (χ4n) is 2.38. The third-order valence-electron chi connectivity index (χ3n) is 3.39. The second-order valence-electron chi connectivity index (χ2n) is 4.80. The zero-order chi connectivity index (χ0) is 15.4. The number of carbonyl (C=O) groups excluding carboxylic acids is 1. The van der Waals surface area contributed by atoms with Crippen LogP contribution in [0.1, 0.15) is 23.2 Å². The number of benzene rings is 1. The van der Waals surface area contributed by atoms with E-state index in [1.54, 1.807) is 6.07 Å². The molecule has 2 rings (SSSR count). The Morgan fingerprint density at radius 1 is 1.33 bits per heavy atom. The van der Waals surface area contributed by atoms with Crippen LogP contribution in [0.3, 0.4) is 0 Å². The summed E-state index contributed by atoms with van der Waals surface area (Å²) in [6, 6.07) is 5.72. The second-order valence-corrected chi connectivity index (χ2v) is 4.80. The Morgan fingerprint density at radius 3 is 2.71 bits per heavy atom. The van der Waals surface area contributed by atoms with Crippen LogP contribution in [-0.2, 0) is 4.79 Å². The van der Waals surface area contributed by atoms with Crippen LogP contribution in [0.5, 0.6) is 5.75 Å². The van der Waals surface area contributed by atoms with Gasteiger partial charge in [0, 0.05) is 13.1 Å². The first kappa shape index (κ1) is 15.2. The number of ether oxygens (including phenoxy) is 1. The molecule has 1 aromatic carbocycles. The van der Waals surface area contributed by atoms with E-state index in [0.29, 0.717) is 19.4 Å². The average molecular weight is 299 g/mol. The van der Waals surface area contributed by atoms with Crippen molar-refractivity contribution in [2.24, 2.45) is 5.92 Å². The topological polar surface area (TPSA) is 66.8 Å². The maximum Gasteiger partial charge on any atom is 0.387 e. The highest BCUT2D eigenvalue weighted by molar-refractivity contribution is 5.97. The number of hydrogen-bond donors (Lipinski definition) is 1. The Kier molecular flexibility index (Phi) is 4.72. The minimum absolute atomic E-state index is 0.0174. The van der Waals surface area contributed by atoms with E-state index in [2.05, 4.69) is 4.74 Å². The number of carboxylic acids is 1. The summed E-state index contributed by atoms with van der Waals surface area (Å²) in [6.07, 6.45) is 1.08. The predicted octanol–water partition coefficient (Wildman–Crippen LogP) is 2.22. The molecule has 1 atom stereocenters. The van der Waals surface area contributed by atoms with Gasteiger partial charge in [0.05, 0.1) is 11.5 Å². The van der Waals surface area contributed by atoms with Gasteiger partial charge in [-0.15, -0.1) is 0 Å². The van der Waals surface area contributed by atoms with E-state index in [4.69, 9.17) is 5.11 Å². The number of amides is 1. The van der Waals surface area contributed by atoms with E-state index in [9.17, 15) is 18.4 Å². The summed E-state index contributed by atoms with van der Waals surface area (Å²) in [5, 5.41) is 9.02. The van der Waals surface area contributed by atoms with E-state index in [0.717, 1.165) is 0 Å². The minimum atomic E-state index is -3.02. The smallest absolute Gasteiger partial charge is 0.387 e. The van der Waals surface area contributed by atoms with Gasteiger partial charge in [-0.3, -0.25) is 9.59 Å². The van der Waals surface area contributed by atoms with Crippen LogP contribution < -0.4 is 4.74 Å². The number of likely N-dealkylation sites (tertiary alicyclic amines) is 1. The largest absolute Gasteiger partial charge is 0.481 e. The summed E-state index contributed by atoms with van der Waals surface area (Å²) in [5.41, 5.74) is 0.0174. The third kappa shape index (κ3) is 3.68. The van der Waals surface area contributed by atoms with Crippen molar-refractivity contribution in [1.29, 1.82) is 0 Å². The molecular weight excluding hydrogens is 284 g/mol. The maximum atomic E-state index is 12.4. The molecule has 1 N–H and O–H groups in total. The molecule has 1 heterocycles. The van der Waals surface area contributed by atoms with Crippen molar-refractivity contribution in [3.63, 3.8) is 0 Å². The lowest BCUT2D eigenvalue weighted by Gasteiger charge is -2.31. The molecular formula is C14H15F2NO4. The molecule has 0 bridgehead atoms. The molecule has 114 valence electrons. The molecule has 5 nitrogen and oxygen atoms in total. The molecule has 1 saturated heterocycles.